The van der Waals surface area contributed by atoms with Gasteiger partial charge in [-0.25, -0.2) is 4.79 Å². The van der Waals surface area contributed by atoms with Crippen molar-refractivity contribution in [3.05, 3.63) is 51.9 Å². The Morgan fingerprint density at radius 3 is 2.32 bits per heavy atom. The van der Waals surface area contributed by atoms with Crippen molar-refractivity contribution in [2.75, 3.05) is 0 Å². The van der Waals surface area contributed by atoms with Crippen LogP contribution in [0.3, 0.4) is 0 Å². The largest absolute Gasteiger partial charge is 0.494 e. The summed E-state index contributed by atoms with van der Waals surface area (Å²) >= 11 is 0. The molecule has 22 heavy (non-hydrogen) atoms. The van der Waals surface area contributed by atoms with Gasteiger partial charge in [0.15, 0.2) is 0 Å². The van der Waals surface area contributed by atoms with Crippen LogP contribution in [0.2, 0.25) is 0 Å². The van der Waals surface area contributed by atoms with E-state index in [0.29, 0.717) is 11.3 Å². The number of fused-ring (bicyclic) bond motifs is 2. The van der Waals surface area contributed by atoms with E-state index in [-0.39, 0.29) is 11.8 Å². The topological polar surface area (TPSA) is 75.6 Å². The molecular formula is C17H15NO4. The van der Waals surface area contributed by atoms with Crippen LogP contribution in [-0.2, 0) is 12.8 Å². The highest BCUT2D eigenvalue weighted by Gasteiger charge is 2.25. The van der Waals surface area contributed by atoms with E-state index in [1.807, 2.05) is 0 Å². The molecule has 3 aromatic rings. The molecule has 0 spiro atoms. The molecule has 0 aliphatic heterocycles. The zero-order chi connectivity index (χ0) is 15.3. The second-order valence-corrected chi connectivity index (χ2v) is 5.62. The third kappa shape index (κ3) is 1.82. The van der Waals surface area contributed by atoms with Crippen LogP contribution in [-0.4, -0.2) is 14.8 Å². The van der Waals surface area contributed by atoms with Crippen molar-refractivity contribution >= 4 is 11.0 Å². The van der Waals surface area contributed by atoms with Gasteiger partial charge in [-0.3, -0.25) is 4.57 Å². The second kappa shape index (κ2) is 4.66. The molecule has 0 bridgehead atoms. The van der Waals surface area contributed by atoms with Gasteiger partial charge in [-0.15, -0.1) is 0 Å². The quantitative estimate of drug-likeness (QED) is 0.677. The normalized spacial score (nSPS) is 14.2. The van der Waals surface area contributed by atoms with E-state index in [4.69, 9.17) is 4.42 Å². The highest BCUT2D eigenvalue weighted by atomic mass is 16.4. The third-order valence-electron chi connectivity index (χ3n) is 4.29. The first-order chi connectivity index (χ1) is 10.6. The molecule has 2 N–H and O–H groups in total. The van der Waals surface area contributed by atoms with E-state index < -0.39 is 5.63 Å². The fourth-order valence-electron chi connectivity index (χ4n) is 3.21. The fraction of sp³-hybridized carbons (Fsp3) is 0.235. The first-order valence-corrected chi connectivity index (χ1v) is 7.34. The summed E-state index contributed by atoms with van der Waals surface area (Å²) < 4.78 is 6.56. The zero-order valence-corrected chi connectivity index (χ0v) is 11.9. The Bertz CT molecular complexity index is 906. The average molecular weight is 297 g/mol. The van der Waals surface area contributed by atoms with Crippen LogP contribution in [0.4, 0.5) is 0 Å². The highest BCUT2D eigenvalue weighted by Crippen LogP contribution is 2.41. The van der Waals surface area contributed by atoms with Crippen LogP contribution < -0.4 is 5.63 Å². The van der Waals surface area contributed by atoms with Gasteiger partial charge in [0.05, 0.1) is 5.69 Å². The van der Waals surface area contributed by atoms with Crippen LogP contribution in [0, 0.1) is 0 Å². The van der Waals surface area contributed by atoms with Gasteiger partial charge < -0.3 is 14.6 Å². The molecule has 2 aromatic heterocycles. The summed E-state index contributed by atoms with van der Waals surface area (Å²) in [5, 5.41) is 21.6. The summed E-state index contributed by atoms with van der Waals surface area (Å²) in [7, 11) is 0. The van der Waals surface area contributed by atoms with Gasteiger partial charge in [-0.05, 0) is 49.9 Å². The SMILES string of the molecule is O=c1ccc2cc(-n3c(O)c4c(c3O)CCCC4)ccc2o1. The van der Waals surface area contributed by atoms with E-state index >= 15 is 0 Å². The molecule has 0 radical (unpaired) electrons. The number of hydrogen-bond donors (Lipinski definition) is 2. The van der Waals surface area contributed by atoms with E-state index in [1.54, 1.807) is 24.3 Å². The maximum Gasteiger partial charge on any atom is 0.336 e. The van der Waals surface area contributed by atoms with Gasteiger partial charge >= 0.3 is 5.63 Å². The van der Waals surface area contributed by atoms with Crippen LogP contribution in [0.1, 0.15) is 24.0 Å². The molecule has 1 aliphatic carbocycles. The number of rotatable bonds is 1. The maximum atomic E-state index is 11.2. The lowest BCUT2D eigenvalue weighted by atomic mass is 9.95. The number of nitrogens with zero attached hydrogens (tertiary/aromatic N) is 1. The summed E-state index contributed by atoms with van der Waals surface area (Å²) in [4.78, 5) is 11.2. The standard InChI is InChI=1S/C17H15NO4/c19-15-8-5-10-9-11(6-7-14(10)22-15)18-16(20)12-3-1-2-4-13(12)17(18)21/h5-9,20-21H,1-4H2. The first kappa shape index (κ1) is 13.0. The minimum atomic E-state index is -0.401. The van der Waals surface area contributed by atoms with E-state index in [9.17, 15) is 15.0 Å². The Morgan fingerprint density at radius 2 is 1.64 bits per heavy atom. The molecule has 0 fully saturated rings. The van der Waals surface area contributed by atoms with Gasteiger partial charge in [0.2, 0.25) is 11.8 Å². The molecule has 0 saturated heterocycles. The van der Waals surface area contributed by atoms with E-state index in [2.05, 4.69) is 0 Å². The third-order valence-corrected chi connectivity index (χ3v) is 4.29. The summed E-state index contributed by atoms with van der Waals surface area (Å²) in [6.07, 6.45) is 3.61. The van der Waals surface area contributed by atoms with Crippen LogP contribution >= 0.6 is 0 Å². The van der Waals surface area contributed by atoms with Crippen molar-refractivity contribution in [3.63, 3.8) is 0 Å². The van der Waals surface area contributed by atoms with Gasteiger partial charge in [0.25, 0.3) is 0 Å². The van der Waals surface area contributed by atoms with E-state index in [1.165, 1.54) is 10.6 Å². The Balaban J connectivity index is 1.94. The lowest BCUT2D eigenvalue weighted by molar-refractivity contribution is 0.399. The van der Waals surface area contributed by atoms with Gasteiger partial charge in [-0.2, -0.15) is 0 Å². The number of aromatic nitrogens is 1. The molecule has 0 saturated carbocycles. The van der Waals surface area contributed by atoms with Gasteiger partial charge in [0, 0.05) is 22.6 Å². The predicted molar refractivity (Wildman–Crippen MR) is 81.8 cm³/mol. The first-order valence-electron chi connectivity index (χ1n) is 7.34. The van der Waals surface area contributed by atoms with Crippen molar-refractivity contribution in [3.8, 4) is 17.4 Å². The van der Waals surface area contributed by atoms with Gasteiger partial charge in [0.1, 0.15) is 5.58 Å². The minimum absolute atomic E-state index is 0.101. The van der Waals surface area contributed by atoms with Crippen LogP contribution in [0.25, 0.3) is 16.7 Å². The van der Waals surface area contributed by atoms with Crippen LogP contribution in [0.5, 0.6) is 11.8 Å². The Kier molecular flexibility index (Phi) is 2.76. The summed E-state index contributed by atoms with van der Waals surface area (Å²) in [6, 6.07) is 8.19. The van der Waals surface area contributed by atoms with E-state index in [0.717, 1.165) is 42.2 Å². The number of benzene rings is 1. The van der Waals surface area contributed by atoms with Crippen molar-refractivity contribution in [2.45, 2.75) is 25.7 Å². The zero-order valence-electron chi connectivity index (χ0n) is 11.9. The lowest BCUT2D eigenvalue weighted by Gasteiger charge is -2.09. The smallest absolute Gasteiger partial charge is 0.336 e. The molecule has 5 nitrogen and oxygen atoms in total. The summed E-state index contributed by atoms with van der Waals surface area (Å²) in [5.41, 5.74) is 2.40. The molecule has 1 aromatic carbocycles. The van der Waals surface area contributed by atoms with Gasteiger partial charge in [-0.1, -0.05) is 0 Å². The minimum Gasteiger partial charge on any atom is -0.494 e. The Morgan fingerprint density at radius 1 is 0.955 bits per heavy atom. The molecular weight excluding hydrogens is 282 g/mol. The monoisotopic (exact) mass is 297 g/mol. The second-order valence-electron chi connectivity index (χ2n) is 5.62. The maximum absolute atomic E-state index is 11.2. The number of aromatic hydroxyl groups is 2. The van der Waals surface area contributed by atoms with Crippen molar-refractivity contribution < 1.29 is 14.6 Å². The van der Waals surface area contributed by atoms with Crippen molar-refractivity contribution in [1.29, 1.82) is 0 Å². The molecule has 0 amide bonds. The van der Waals surface area contributed by atoms with Crippen molar-refractivity contribution in [1.82, 2.24) is 4.57 Å². The number of hydrogen-bond acceptors (Lipinski definition) is 4. The molecule has 4 rings (SSSR count). The summed E-state index contributed by atoms with van der Waals surface area (Å²) in [5.74, 6) is 0.202. The van der Waals surface area contributed by atoms with Crippen LogP contribution in [0.15, 0.2) is 39.5 Å². The lowest BCUT2D eigenvalue weighted by Crippen LogP contribution is -1.98. The molecule has 2 heterocycles. The van der Waals surface area contributed by atoms with Crippen molar-refractivity contribution in [2.24, 2.45) is 0 Å². The fourth-order valence-corrected chi connectivity index (χ4v) is 3.21. The Hall–Kier alpha value is -2.69. The molecule has 5 heteroatoms. The highest BCUT2D eigenvalue weighted by molar-refractivity contribution is 5.79. The average Bonchev–Trinajstić information content (AvgIpc) is 2.79. The molecule has 0 unspecified atom stereocenters. The predicted octanol–water partition coefficient (Wildman–Crippen LogP) is 2.87. The Labute approximate surface area is 126 Å². The molecule has 1 aliphatic rings. The molecule has 0 atom stereocenters. The summed E-state index contributed by atoms with van der Waals surface area (Å²) in [6.45, 7) is 0. The molecule has 112 valence electrons.